The second kappa shape index (κ2) is 6.25. The summed E-state index contributed by atoms with van der Waals surface area (Å²) in [5, 5.41) is 10.2. The molecule has 1 saturated heterocycles. The number of nitrogens with zero attached hydrogens (tertiary/aromatic N) is 2. The van der Waals surface area contributed by atoms with Crippen molar-refractivity contribution in [1.82, 2.24) is 4.57 Å². The van der Waals surface area contributed by atoms with Gasteiger partial charge in [0.25, 0.3) is 0 Å². The van der Waals surface area contributed by atoms with E-state index in [-0.39, 0.29) is 6.10 Å². The van der Waals surface area contributed by atoms with Crippen molar-refractivity contribution in [3.63, 3.8) is 0 Å². The van der Waals surface area contributed by atoms with Crippen LogP contribution < -0.4 is 5.73 Å². The Labute approximate surface area is 128 Å². The zero-order valence-corrected chi connectivity index (χ0v) is 12.5. The van der Waals surface area contributed by atoms with Crippen molar-refractivity contribution in [2.45, 2.75) is 35.4 Å². The first kappa shape index (κ1) is 14.1. The maximum absolute atomic E-state index is 9.32. The minimum absolute atomic E-state index is 0.180. The molecule has 1 fully saturated rings. The Morgan fingerprint density at radius 1 is 1.38 bits per heavy atom. The summed E-state index contributed by atoms with van der Waals surface area (Å²) in [6, 6.07) is 14.0. The third-order valence-corrected chi connectivity index (χ3v) is 4.71. The van der Waals surface area contributed by atoms with E-state index in [0.717, 1.165) is 29.4 Å². The van der Waals surface area contributed by atoms with Gasteiger partial charge < -0.3 is 15.0 Å². The average Bonchev–Trinajstić information content (AvgIpc) is 3.11. The van der Waals surface area contributed by atoms with E-state index in [1.807, 2.05) is 34.9 Å². The van der Waals surface area contributed by atoms with Crippen LogP contribution >= 0.6 is 11.8 Å². The third kappa shape index (κ3) is 3.07. The number of aromatic nitrogens is 1. The summed E-state index contributed by atoms with van der Waals surface area (Å²) >= 11 is 1.59. The number of nitriles is 1. The zero-order valence-electron chi connectivity index (χ0n) is 11.7. The predicted octanol–water partition coefficient (Wildman–Crippen LogP) is 3.27. The lowest BCUT2D eigenvalue weighted by molar-refractivity contribution is 0.0951. The Morgan fingerprint density at radius 2 is 2.19 bits per heavy atom. The fraction of sp³-hybridized carbons (Fsp3) is 0.312. The molecule has 0 bridgehead atoms. The predicted molar refractivity (Wildman–Crippen MR) is 83.1 cm³/mol. The zero-order chi connectivity index (χ0) is 14.7. The van der Waals surface area contributed by atoms with Crippen LogP contribution in [-0.2, 0) is 11.3 Å². The van der Waals surface area contributed by atoms with Crippen LogP contribution in [0.15, 0.2) is 46.3 Å². The van der Waals surface area contributed by atoms with Crippen molar-refractivity contribution >= 4 is 17.4 Å². The third-order valence-electron chi connectivity index (χ3n) is 3.56. The summed E-state index contributed by atoms with van der Waals surface area (Å²) in [5.74, 6) is 0. The van der Waals surface area contributed by atoms with Gasteiger partial charge in [-0.05, 0) is 31.0 Å². The maximum Gasteiger partial charge on any atom is 0.123 e. The van der Waals surface area contributed by atoms with E-state index < -0.39 is 0 Å². The van der Waals surface area contributed by atoms with Gasteiger partial charge in [-0.25, -0.2) is 0 Å². The second-order valence-electron chi connectivity index (χ2n) is 5.06. The smallest absolute Gasteiger partial charge is 0.123 e. The summed E-state index contributed by atoms with van der Waals surface area (Å²) in [4.78, 5) is 1.11. The van der Waals surface area contributed by atoms with Crippen LogP contribution in [-0.4, -0.2) is 17.3 Å². The fourth-order valence-corrected chi connectivity index (χ4v) is 3.51. The van der Waals surface area contributed by atoms with Gasteiger partial charge in [0.1, 0.15) is 16.8 Å². The molecule has 1 aliphatic rings. The Balaban J connectivity index is 1.91. The van der Waals surface area contributed by atoms with Crippen LogP contribution in [0.3, 0.4) is 0 Å². The Kier molecular flexibility index (Phi) is 4.18. The normalized spacial score (nSPS) is 17.8. The van der Waals surface area contributed by atoms with Crippen molar-refractivity contribution in [2.24, 2.45) is 0 Å². The van der Waals surface area contributed by atoms with Gasteiger partial charge in [0, 0.05) is 11.5 Å². The molecule has 1 atom stereocenters. The molecular weight excluding hydrogens is 282 g/mol. The van der Waals surface area contributed by atoms with E-state index >= 15 is 0 Å². The molecule has 0 spiro atoms. The van der Waals surface area contributed by atoms with Gasteiger partial charge in [-0.15, -0.1) is 0 Å². The number of anilines is 1. The van der Waals surface area contributed by atoms with Crippen molar-refractivity contribution in [1.29, 1.82) is 5.26 Å². The molecule has 0 amide bonds. The van der Waals surface area contributed by atoms with Crippen LogP contribution in [0.5, 0.6) is 0 Å². The standard InChI is InChI=1S/C16H17N3OS/c17-10-12-9-15(18)16(21-14-6-2-1-3-7-14)19(12)11-13-5-4-8-20-13/h1-3,6-7,9,13H,4-5,8,11,18H2/t13-/m1/s1. The van der Waals surface area contributed by atoms with E-state index in [4.69, 9.17) is 10.5 Å². The summed E-state index contributed by atoms with van der Waals surface area (Å²) < 4.78 is 7.68. The highest BCUT2D eigenvalue weighted by Gasteiger charge is 2.21. The van der Waals surface area contributed by atoms with Gasteiger partial charge in [0.15, 0.2) is 0 Å². The Hall–Kier alpha value is -1.90. The monoisotopic (exact) mass is 299 g/mol. The minimum atomic E-state index is 0.180. The first-order chi connectivity index (χ1) is 10.3. The van der Waals surface area contributed by atoms with Gasteiger partial charge in [0.05, 0.1) is 18.3 Å². The molecule has 1 aliphatic heterocycles. The number of hydrogen-bond donors (Lipinski definition) is 1. The van der Waals surface area contributed by atoms with Crippen molar-refractivity contribution in [3.8, 4) is 6.07 Å². The van der Waals surface area contributed by atoms with Gasteiger partial charge in [-0.1, -0.05) is 30.0 Å². The Bertz CT molecular complexity index is 654. The molecule has 2 N–H and O–H groups in total. The summed E-state index contributed by atoms with van der Waals surface area (Å²) in [5.41, 5.74) is 7.36. The molecule has 21 heavy (non-hydrogen) atoms. The molecule has 2 heterocycles. The SMILES string of the molecule is N#Cc1cc(N)c(Sc2ccccc2)n1C[C@H]1CCCO1. The highest BCUT2D eigenvalue weighted by Crippen LogP contribution is 2.35. The Morgan fingerprint density at radius 3 is 2.86 bits per heavy atom. The topological polar surface area (TPSA) is 64.0 Å². The maximum atomic E-state index is 9.32. The number of rotatable bonds is 4. The lowest BCUT2D eigenvalue weighted by Gasteiger charge is -2.15. The van der Waals surface area contributed by atoms with Gasteiger partial charge >= 0.3 is 0 Å². The van der Waals surface area contributed by atoms with E-state index in [2.05, 4.69) is 6.07 Å². The highest BCUT2D eigenvalue weighted by molar-refractivity contribution is 7.99. The molecule has 3 rings (SSSR count). The minimum Gasteiger partial charge on any atom is -0.397 e. The van der Waals surface area contributed by atoms with Crippen LogP contribution in [0.2, 0.25) is 0 Å². The lowest BCUT2D eigenvalue weighted by Crippen LogP contribution is -2.16. The lowest BCUT2D eigenvalue weighted by atomic mass is 10.2. The molecule has 5 heteroatoms. The van der Waals surface area contributed by atoms with Crippen LogP contribution in [0.4, 0.5) is 5.69 Å². The van der Waals surface area contributed by atoms with Crippen molar-refractivity contribution < 1.29 is 4.74 Å². The van der Waals surface area contributed by atoms with Crippen LogP contribution in [0.25, 0.3) is 0 Å². The molecule has 2 aromatic rings. The number of nitrogens with two attached hydrogens (primary N) is 1. The van der Waals surface area contributed by atoms with Crippen LogP contribution in [0, 0.1) is 11.3 Å². The molecule has 0 unspecified atom stereocenters. The fourth-order valence-electron chi connectivity index (χ4n) is 2.53. The average molecular weight is 299 g/mol. The molecule has 1 aromatic carbocycles. The molecule has 4 nitrogen and oxygen atoms in total. The van der Waals surface area contributed by atoms with E-state index in [0.29, 0.717) is 17.9 Å². The van der Waals surface area contributed by atoms with Crippen molar-refractivity contribution in [2.75, 3.05) is 12.3 Å². The molecule has 0 aliphatic carbocycles. The molecule has 0 saturated carbocycles. The quantitative estimate of drug-likeness (QED) is 0.941. The number of benzene rings is 1. The first-order valence-corrected chi connectivity index (χ1v) is 7.83. The van der Waals surface area contributed by atoms with Gasteiger partial charge in [-0.2, -0.15) is 5.26 Å². The van der Waals surface area contributed by atoms with E-state index in [1.165, 1.54) is 0 Å². The van der Waals surface area contributed by atoms with E-state index in [1.54, 1.807) is 17.8 Å². The number of hydrogen-bond acceptors (Lipinski definition) is 4. The first-order valence-electron chi connectivity index (χ1n) is 7.01. The second-order valence-corrected chi connectivity index (χ2v) is 6.12. The summed E-state index contributed by atoms with van der Waals surface area (Å²) in [6.45, 7) is 1.50. The molecular formula is C16H17N3OS. The van der Waals surface area contributed by atoms with Gasteiger partial charge in [-0.3, -0.25) is 0 Å². The highest BCUT2D eigenvalue weighted by atomic mass is 32.2. The largest absolute Gasteiger partial charge is 0.397 e. The van der Waals surface area contributed by atoms with E-state index in [9.17, 15) is 5.26 Å². The number of ether oxygens (including phenoxy) is 1. The summed E-state index contributed by atoms with van der Waals surface area (Å²) in [7, 11) is 0. The van der Waals surface area contributed by atoms with Crippen LogP contribution in [0.1, 0.15) is 18.5 Å². The van der Waals surface area contributed by atoms with Crippen molar-refractivity contribution in [3.05, 3.63) is 42.1 Å². The molecule has 108 valence electrons. The summed E-state index contributed by atoms with van der Waals surface area (Å²) in [6.07, 6.45) is 2.31. The molecule has 0 radical (unpaired) electrons. The van der Waals surface area contributed by atoms with Gasteiger partial charge in [0.2, 0.25) is 0 Å². The molecule has 1 aromatic heterocycles. The number of nitrogen functional groups attached to an aromatic ring is 1.